The zero-order chi connectivity index (χ0) is 25.6. The van der Waals surface area contributed by atoms with E-state index in [1.807, 2.05) is 50.2 Å². The van der Waals surface area contributed by atoms with Gasteiger partial charge in [-0.25, -0.2) is 8.42 Å². The smallest absolute Gasteiger partial charge is 0.244 e. The van der Waals surface area contributed by atoms with Crippen LogP contribution in [0.15, 0.2) is 53.0 Å². The maximum absolute atomic E-state index is 13.5. The summed E-state index contributed by atoms with van der Waals surface area (Å²) in [6, 6.07) is 13.7. The lowest BCUT2D eigenvalue weighted by molar-refractivity contribution is -0.139. The molecule has 0 aromatic heterocycles. The number of hydrogen-bond donors (Lipinski definition) is 1. The molecule has 1 atom stereocenters. The number of amides is 2. The molecular formula is C25H34BrN3O4S. The second-order valence-electron chi connectivity index (χ2n) is 9.00. The third kappa shape index (κ3) is 7.84. The molecule has 0 heterocycles. The van der Waals surface area contributed by atoms with Gasteiger partial charge in [0, 0.05) is 17.1 Å². The summed E-state index contributed by atoms with van der Waals surface area (Å²) in [7, 11) is -3.74. The molecule has 1 N–H and O–H groups in total. The fourth-order valence-corrected chi connectivity index (χ4v) is 4.53. The lowest BCUT2D eigenvalue weighted by atomic mass is 10.0. The summed E-state index contributed by atoms with van der Waals surface area (Å²) < 4.78 is 27.2. The number of hydrogen-bond acceptors (Lipinski definition) is 4. The van der Waals surface area contributed by atoms with E-state index in [1.165, 1.54) is 4.90 Å². The highest BCUT2D eigenvalue weighted by Gasteiger charge is 2.30. The second kappa shape index (κ2) is 11.8. The van der Waals surface area contributed by atoms with Gasteiger partial charge in [0.25, 0.3) is 0 Å². The van der Waals surface area contributed by atoms with Gasteiger partial charge in [0.2, 0.25) is 21.8 Å². The van der Waals surface area contributed by atoms with E-state index in [4.69, 9.17) is 0 Å². The Balaban J connectivity index is 2.37. The molecule has 7 nitrogen and oxygen atoms in total. The first-order chi connectivity index (χ1) is 15.8. The van der Waals surface area contributed by atoms with Gasteiger partial charge < -0.3 is 10.2 Å². The van der Waals surface area contributed by atoms with Crippen LogP contribution in [0.5, 0.6) is 0 Å². The van der Waals surface area contributed by atoms with Gasteiger partial charge in [-0.15, -0.1) is 0 Å². The number of halogens is 1. The van der Waals surface area contributed by atoms with Crippen molar-refractivity contribution in [3.8, 4) is 0 Å². The van der Waals surface area contributed by atoms with Crippen LogP contribution in [-0.2, 0) is 26.2 Å². The van der Waals surface area contributed by atoms with Gasteiger partial charge in [0.15, 0.2) is 0 Å². The lowest BCUT2D eigenvalue weighted by Crippen LogP contribution is -2.52. The van der Waals surface area contributed by atoms with Crippen LogP contribution in [0.1, 0.15) is 51.7 Å². The van der Waals surface area contributed by atoms with E-state index in [1.54, 1.807) is 19.1 Å². The molecule has 2 rings (SSSR count). The molecule has 0 fully saturated rings. The molecule has 0 saturated heterocycles. The van der Waals surface area contributed by atoms with Gasteiger partial charge in [0.05, 0.1) is 11.9 Å². The van der Waals surface area contributed by atoms with E-state index in [0.717, 1.165) is 26.2 Å². The largest absolute Gasteiger partial charge is 0.352 e. The number of rotatable bonds is 10. The molecule has 0 aliphatic rings. The van der Waals surface area contributed by atoms with E-state index < -0.39 is 28.5 Å². The lowest BCUT2D eigenvalue weighted by Gasteiger charge is -2.32. The average Bonchev–Trinajstić information content (AvgIpc) is 2.75. The Kier molecular flexibility index (Phi) is 9.70. The van der Waals surface area contributed by atoms with Crippen molar-refractivity contribution in [3.05, 3.63) is 64.1 Å². The number of benzene rings is 2. The minimum absolute atomic E-state index is 0.0911. The zero-order valence-corrected chi connectivity index (χ0v) is 23.0. The molecule has 0 spiro atoms. The summed E-state index contributed by atoms with van der Waals surface area (Å²) in [4.78, 5) is 27.7. The Hall–Kier alpha value is -2.39. The van der Waals surface area contributed by atoms with Crippen molar-refractivity contribution in [1.29, 1.82) is 0 Å². The van der Waals surface area contributed by atoms with Crippen LogP contribution in [0.3, 0.4) is 0 Å². The van der Waals surface area contributed by atoms with Crippen LogP contribution in [0.4, 0.5) is 5.69 Å². The molecule has 2 aromatic rings. The standard InChI is InChI=1S/C25H34BrN3O4S/c1-17(2)21-9-13-23(14-10-21)29(34(6,32)33)16-24(30)28(19(5)25(31)27-18(3)4)15-20-7-11-22(26)12-8-20/h7-14,17-19H,15-16H2,1-6H3,(H,27,31)/t19-/m1/s1. The molecule has 0 aliphatic heterocycles. The third-order valence-corrected chi connectivity index (χ3v) is 7.06. The Bertz CT molecular complexity index is 1080. The van der Waals surface area contributed by atoms with Crippen LogP contribution in [-0.4, -0.2) is 50.0 Å². The summed E-state index contributed by atoms with van der Waals surface area (Å²) in [5.74, 6) is -0.468. The average molecular weight is 553 g/mol. The van der Waals surface area contributed by atoms with Crippen molar-refractivity contribution in [1.82, 2.24) is 10.2 Å². The third-order valence-electron chi connectivity index (χ3n) is 5.39. The Morgan fingerprint density at radius 3 is 1.97 bits per heavy atom. The van der Waals surface area contributed by atoms with Gasteiger partial charge in [-0.3, -0.25) is 13.9 Å². The second-order valence-corrected chi connectivity index (χ2v) is 11.8. The van der Waals surface area contributed by atoms with Gasteiger partial charge in [-0.05, 0) is 62.1 Å². The van der Waals surface area contributed by atoms with Gasteiger partial charge in [-0.1, -0.05) is 54.0 Å². The van der Waals surface area contributed by atoms with Crippen LogP contribution in [0, 0.1) is 0 Å². The molecule has 2 aromatic carbocycles. The Labute approximate surface area is 211 Å². The van der Waals surface area contributed by atoms with Crippen LogP contribution >= 0.6 is 15.9 Å². The van der Waals surface area contributed by atoms with Crippen LogP contribution in [0.25, 0.3) is 0 Å². The summed E-state index contributed by atoms with van der Waals surface area (Å²) >= 11 is 3.40. The first-order valence-corrected chi connectivity index (χ1v) is 13.9. The molecule has 34 heavy (non-hydrogen) atoms. The highest BCUT2D eigenvalue weighted by atomic mass is 79.9. The number of carbonyl (C=O) groups is 2. The number of nitrogens with zero attached hydrogens (tertiary/aromatic N) is 2. The minimum Gasteiger partial charge on any atom is -0.352 e. The molecule has 186 valence electrons. The van der Waals surface area contributed by atoms with E-state index >= 15 is 0 Å². The molecule has 0 bridgehead atoms. The van der Waals surface area contributed by atoms with Gasteiger partial charge in [0.1, 0.15) is 12.6 Å². The normalized spacial score (nSPS) is 12.5. The number of nitrogens with one attached hydrogen (secondary N) is 1. The van der Waals surface area contributed by atoms with Crippen LogP contribution in [0.2, 0.25) is 0 Å². The van der Waals surface area contributed by atoms with Gasteiger partial charge >= 0.3 is 0 Å². The predicted molar refractivity (Wildman–Crippen MR) is 140 cm³/mol. The van der Waals surface area contributed by atoms with Crippen molar-refractivity contribution in [3.63, 3.8) is 0 Å². The van der Waals surface area contributed by atoms with Crippen molar-refractivity contribution in [2.45, 2.75) is 59.2 Å². The minimum atomic E-state index is -3.74. The van der Waals surface area contributed by atoms with Crippen molar-refractivity contribution in [2.75, 3.05) is 17.1 Å². The first kappa shape index (κ1) is 27.9. The maximum atomic E-state index is 13.5. The summed E-state index contributed by atoms with van der Waals surface area (Å²) in [5, 5.41) is 2.83. The summed E-state index contributed by atoms with van der Waals surface area (Å²) in [6.45, 7) is 9.21. The van der Waals surface area contributed by atoms with Crippen LogP contribution < -0.4 is 9.62 Å². The van der Waals surface area contributed by atoms with Gasteiger partial charge in [-0.2, -0.15) is 0 Å². The molecule has 0 radical (unpaired) electrons. The van der Waals surface area contributed by atoms with E-state index in [2.05, 4.69) is 35.1 Å². The monoisotopic (exact) mass is 551 g/mol. The molecule has 0 aliphatic carbocycles. The zero-order valence-electron chi connectivity index (χ0n) is 20.6. The quantitative estimate of drug-likeness (QED) is 0.477. The molecular weight excluding hydrogens is 518 g/mol. The molecule has 0 unspecified atom stereocenters. The Morgan fingerprint density at radius 1 is 0.941 bits per heavy atom. The van der Waals surface area contributed by atoms with Crippen molar-refractivity contribution < 1.29 is 18.0 Å². The topological polar surface area (TPSA) is 86.8 Å². The number of anilines is 1. The van der Waals surface area contributed by atoms with Crippen molar-refractivity contribution >= 4 is 43.5 Å². The predicted octanol–water partition coefficient (Wildman–Crippen LogP) is 4.28. The summed E-state index contributed by atoms with van der Waals surface area (Å²) in [6.07, 6.45) is 1.07. The number of carbonyl (C=O) groups excluding carboxylic acids is 2. The van der Waals surface area contributed by atoms with E-state index in [0.29, 0.717) is 11.6 Å². The first-order valence-electron chi connectivity index (χ1n) is 11.2. The number of sulfonamides is 1. The Morgan fingerprint density at radius 2 is 1.50 bits per heavy atom. The maximum Gasteiger partial charge on any atom is 0.244 e. The SMILES string of the molecule is CC(C)NC(=O)[C@@H](C)N(Cc1ccc(Br)cc1)C(=O)CN(c1ccc(C(C)C)cc1)S(C)(=O)=O. The highest BCUT2D eigenvalue weighted by molar-refractivity contribution is 9.10. The molecule has 9 heteroatoms. The highest BCUT2D eigenvalue weighted by Crippen LogP contribution is 2.23. The van der Waals surface area contributed by atoms with Crippen molar-refractivity contribution in [2.24, 2.45) is 0 Å². The van der Waals surface area contributed by atoms with E-state index in [9.17, 15) is 18.0 Å². The molecule has 0 saturated carbocycles. The fraction of sp³-hybridized carbons (Fsp3) is 0.440. The molecule has 2 amide bonds. The van der Waals surface area contributed by atoms with E-state index in [-0.39, 0.29) is 18.5 Å². The fourth-order valence-electron chi connectivity index (χ4n) is 3.41. The summed E-state index contributed by atoms with van der Waals surface area (Å²) in [5.41, 5.74) is 2.30.